The quantitative estimate of drug-likeness (QED) is 0.676. The van der Waals surface area contributed by atoms with E-state index in [-0.39, 0.29) is 0 Å². The van der Waals surface area contributed by atoms with Crippen molar-refractivity contribution in [3.63, 3.8) is 0 Å². The second-order valence-electron chi connectivity index (χ2n) is 3.15. The molecule has 0 aromatic carbocycles. The summed E-state index contributed by atoms with van der Waals surface area (Å²) in [6.45, 7) is 7.12. The summed E-state index contributed by atoms with van der Waals surface area (Å²) in [7, 11) is 0. The van der Waals surface area contributed by atoms with Crippen LogP contribution in [-0.4, -0.2) is 49.1 Å². The van der Waals surface area contributed by atoms with Crippen molar-refractivity contribution in [3.8, 4) is 0 Å². The summed E-state index contributed by atoms with van der Waals surface area (Å²) in [5.74, 6) is 1.27. The van der Waals surface area contributed by atoms with Gasteiger partial charge in [0.25, 0.3) is 0 Å². The van der Waals surface area contributed by atoms with E-state index in [1.54, 1.807) is 0 Å². The summed E-state index contributed by atoms with van der Waals surface area (Å²) in [5, 5.41) is 3.44. The molecule has 2 nitrogen and oxygen atoms in total. The molecule has 1 aliphatic heterocycles. The molecule has 1 saturated heterocycles. The van der Waals surface area contributed by atoms with E-state index in [9.17, 15) is 0 Å². The Hall–Kier alpha value is 0.270. The molecule has 0 aromatic heterocycles. The summed E-state index contributed by atoms with van der Waals surface area (Å²) in [5.41, 5.74) is 0. The summed E-state index contributed by atoms with van der Waals surface area (Å²) >= 11 is 1.93. The van der Waals surface area contributed by atoms with Crippen LogP contribution in [-0.2, 0) is 0 Å². The Bertz CT molecular complexity index is 108. The minimum atomic E-state index is 0.686. The minimum Gasteiger partial charge on any atom is -0.312 e. The van der Waals surface area contributed by atoms with Crippen LogP contribution >= 0.6 is 11.8 Å². The summed E-state index contributed by atoms with van der Waals surface area (Å²) in [6.07, 6.45) is 2.17. The highest BCUT2D eigenvalue weighted by molar-refractivity contribution is 7.98. The van der Waals surface area contributed by atoms with Crippen LogP contribution in [0, 0.1) is 0 Å². The normalized spacial score (nSPS) is 27.3. The predicted octanol–water partition coefficient (Wildman–Crippen LogP) is 0.643. The molecule has 1 heterocycles. The Balaban J connectivity index is 2.12. The van der Waals surface area contributed by atoms with Crippen LogP contribution in [0.25, 0.3) is 0 Å². The van der Waals surface area contributed by atoms with Crippen LogP contribution in [0.3, 0.4) is 0 Å². The van der Waals surface area contributed by atoms with Crippen LogP contribution in [0.15, 0.2) is 0 Å². The maximum absolute atomic E-state index is 3.44. The molecular weight excluding hydrogens is 156 g/mol. The molecular formula is C8H18N2S. The van der Waals surface area contributed by atoms with Gasteiger partial charge in [-0.25, -0.2) is 0 Å². The van der Waals surface area contributed by atoms with Gasteiger partial charge in [0.15, 0.2) is 0 Å². The number of nitrogens with one attached hydrogen (secondary N) is 1. The first-order valence-electron chi connectivity index (χ1n) is 4.27. The topological polar surface area (TPSA) is 15.3 Å². The number of hydrogen-bond donors (Lipinski definition) is 1. The fraction of sp³-hybridized carbons (Fsp3) is 1.00. The van der Waals surface area contributed by atoms with Crippen molar-refractivity contribution in [1.82, 2.24) is 10.2 Å². The zero-order valence-electron chi connectivity index (χ0n) is 7.47. The Morgan fingerprint density at radius 1 is 1.64 bits per heavy atom. The van der Waals surface area contributed by atoms with Gasteiger partial charge in [-0.05, 0) is 13.2 Å². The highest BCUT2D eigenvalue weighted by atomic mass is 32.2. The third kappa shape index (κ3) is 3.45. The van der Waals surface area contributed by atoms with Gasteiger partial charge in [0.05, 0.1) is 0 Å². The molecule has 1 fully saturated rings. The maximum Gasteiger partial charge on any atom is 0.0167 e. The van der Waals surface area contributed by atoms with Gasteiger partial charge < -0.3 is 5.32 Å². The minimum absolute atomic E-state index is 0.686. The van der Waals surface area contributed by atoms with Crippen LogP contribution in [0.4, 0.5) is 0 Å². The first kappa shape index (κ1) is 9.36. The second kappa shape index (κ2) is 5.01. The van der Waals surface area contributed by atoms with E-state index in [0.29, 0.717) is 6.04 Å². The highest BCUT2D eigenvalue weighted by Gasteiger charge is 2.13. The van der Waals surface area contributed by atoms with Crippen molar-refractivity contribution in [1.29, 1.82) is 0 Å². The molecule has 0 spiro atoms. The van der Waals surface area contributed by atoms with Gasteiger partial charge >= 0.3 is 0 Å². The Morgan fingerprint density at radius 2 is 2.45 bits per heavy atom. The second-order valence-corrected chi connectivity index (χ2v) is 4.13. The monoisotopic (exact) mass is 174 g/mol. The van der Waals surface area contributed by atoms with Crippen LogP contribution < -0.4 is 5.32 Å². The van der Waals surface area contributed by atoms with E-state index >= 15 is 0 Å². The Kier molecular flexibility index (Phi) is 4.26. The average molecular weight is 174 g/mol. The Labute approximate surface area is 73.7 Å². The lowest BCUT2D eigenvalue weighted by Crippen LogP contribution is -2.49. The zero-order valence-corrected chi connectivity index (χ0v) is 8.28. The number of piperazine rings is 1. The molecule has 0 radical (unpaired) electrons. The summed E-state index contributed by atoms with van der Waals surface area (Å²) in [4.78, 5) is 2.54. The number of nitrogens with zero attached hydrogens (tertiary/aromatic N) is 1. The molecule has 1 N–H and O–H groups in total. The van der Waals surface area contributed by atoms with Crippen LogP contribution in [0.2, 0.25) is 0 Å². The first-order chi connectivity index (χ1) is 5.33. The molecule has 11 heavy (non-hydrogen) atoms. The number of hydrogen-bond acceptors (Lipinski definition) is 3. The third-order valence-electron chi connectivity index (χ3n) is 2.06. The molecule has 3 heteroatoms. The molecule has 1 aliphatic rings. The van der Waals surface area contributed by atoms with E-state index in [1.165, 1.54) is 25.4 Å². The lowest BCUT2D eigenvalue weighted by molar-refractivity contribution is 0.218. The zero-order chi connectivity index (χ0) is 8.10. The van der Waals surface area contributed by atoms with E-state index < -0.39 is 0 Å². The molecule has 0 aliphatic carbocycles. The first-order valence-corrected chi connectivity index (χ1v) is 5.67. The fourth-order valence-electron chi connectivity index (χ4n) is 1.44. The van der Waals surface area contributed by atoms with Crippen LogP contribution in [0.1, 0.15) is 6.92 Å². The predicted molar refractivity (Wildman–Crippen MR) is 52.3 cm³/mol. The molecule has 0 aromatic rings. The average Bonchev–Trinajstić information content (AvgIpc) is 2.01. The van der Waals surface area contributed by atoms with Gasteiger partial charge in [-0.1, -0.05) is 0 Å². The van der Waals surface area contributed by atoms with Gasteiger partial charge in [0, 0.05) is 38.0 Å². The van der Waals surface area contributed by atoms with Gasteiger partial charge in [0.2, 0.25) is 0 Å². The molecule has 1 unspecified atom stereocenters. The molecule has 0 saturated carbocycles. The maximum atomic E-state index is 3.44. The van der Waals surface area contributed by atoms with Crippen molar-refractivity contribution in [2.24, 2.45) is 0 Å². The van der Waals surface area contributed by atoms with Crippen molar-refractivity contribution < 1.29 is 0 Å². The number of rotatable bonds is 3. The number of thioether (sulfide) groups is 1. The van der Waals surface area contributed by atoms with E-state index in [0.717, 1.165) is 6.54 Å². The SMILES string of the molecule is CSCCN1CCNC(C)C1. The molecule has 0 amide bonds. The fourth-order valence-corrected chi connectivity index (χ4v) is 1.88. The molecule has 1 atom stereocenters. The summed E-state index contributed by atoms with van der Waals surface area (Å²) in [6, 6.07) is 0.686. The highest BCUT2D eigenvalue weighted by Crippen LogP contribution is 2.00. The van der Waals surface area contributed by atoms with Gasteiger partial charge in [-0.15, -0.1) is 0 Å². The smallest absolute Gasteiger partial charge is 0.0167 e. The Morgan fingerprint density at radius 3 is 3.09 bits per heavy atom. The van der Waals surface area contributed by atoms with Gasteiger partial charge in [0.1, 0.15) is 0 Å². The summed E-state index contributed by atoms with van der Waals surface area (Å²) < 4.78 is 0. The standard InChI is InChI=1S/C8H18N2S/c1-8-7-10(4-3-9-8)5-6-11-2/h8-9H,3-7H2,1-2H3. The molecule has 0 bridgehead atoms. The largest absolute Gasteiger partial charge is 0.312 e. The van der Waals surface area contributed by atoms with Crippen molar-refractivity contribution in [2.75, 3.05) is 38.2 Å². The van der Waals surface area contributed by atoms with E-state index in [4.69, 9.17) is 0 Å². The van der Waals surface area contributed by atoms with E-state index in [1.807, 2.05) is 11.8 Å². The van der Waals surface area contributed by atoms with E-state index in [2.05, 4.69) is 23.4 Å². The van der Waals surface area contributed by atoms with Crippen molar-refractivity contribution in [3.05, 3.63) is 0 Å². The van der Waals surface area contributed by atoms with Crippen LogP contribution in [0.5, 0.6) is 0 Å². The lowest BCUT2D eigenvalue weighted by Gasteiger charge is -2.31. The van der Waals surface area contributed by atoms with Crippen molar-refractivity contribution >= 4 is 11.8 Å². The molecule has 66 valence electrons. The van der Waals surface area contributed by atoms with Gasteiger partial charge in [-0.3, -0.25) is 4.90 Å². The lowest BCUT2D eigenvalue weighted by atomic mass is 10.2. The molecule has 1 rings (SSSR count). The van der Waals surface area contributed by atoms with Crippen molar-refractivity contribution in [2.45, 2.75) is 13.0 Å². The van der Waals surface area contributed by atoms with Gasteiger partial charge in [-0.2, -0.15) is 11.8 Å². The third-order valence-corrected chi connectivity index (χ3v) is 2.66.